The van der Waals surface area contributed by atoms with Crippen molar-refractivity contribution < 1.29 is 9.90 Å². The fourth-order valence-corrected chi connectivity index (χ4v) is 2.78. The predicted octanol–water partition coefficient (Wildman–Crippen LogP) is 2.11. The van der Waals surface area contributed by atoms with E-state index in [1.165, 1.54) is 0 Å². The number of nitrogens with one attached hydrogen (secondary N) is 1. The van der Waals surface area contributed by atoms with Gasteiger partial charge in [-0.3, -0.25) is 4.79 Å². The van der Waals surface area contributed by atoms with Crippen LogP contribution >= 0.6 is 11.3 Å². The zero-order valence-corrected chi connectivity index (χ0v) is 13.2. The van der Waals surface area contributed by atoms with E-state index in [9.17, 15) is 4.79 Å². The molecule has 1 amide bonds. The summed E-state index contributed by atoms with van der Waals surface area (Å²) in [6.45, 7) is 0.427. The monoisotopic (exact) mass is 328 g/mol. The fourth-order valence-electron chi connectivity index (χ4n) is 2.08. The summed E-state index contributed by atoms with van der Waals surface area (Å²) in [7, 11) is 0. The van der Waals surface area contributed by atoms with E-state index in [4.69, 9.17) is 5.11 Å². The maximum Gasteiger partial charge on any atom is 0.290 e. The zero-order chi connectivity index (χ0) is 16.1. The predicted molar refractivity (Wildman–Crippen MR) is 88.7 cm³/mol. The molecule has 0 aliphatic heterocycles. The molecule has 23 heavy (non-hydrogen) atoms. The maximum atomic E-state index is 12.2. The average molecular weight is 328 g/mol. The topological polar surface area (TPSA) is 80.0 Å². The molecule has 0 radical (unpaired) electrons. The largest absolute Gasteiger partial charge is 0.396 e. The molecule has 6 nitrogen and oxygen atoms in total. The Morgan fingerprint density at radius 1 is 1.22 bits per heavy atom. The van der Waals surface area contributed by atoms with E-state index in [0.29, 0.717) is 18.8 Å². The molecule has 0 fully saturated rings. The number of aliphatic hydroxyl groups is 1. The lowest BCUT2D eigenvalue weighted by molar-refractivity contribution is 0.0941. The van der Waals surface area contributed by atoms with Gasteiger partial charge in [0.1, 0.15) is 0 Å². The molecule has 2 heterocycles. The van der Waals surface area contributed by atoms with E-state index in [-0.39, 0.29) is 18.3 Å². The first-order chi connectivity index (χ1) is 11.3. The number of benzene rings is 1. The lowest BCUT2D eigenvalue weighted by atomic mass is 10.3. The molecule has 3 rings (SSSR count). The molecule has 0 unspecified atom stereocenters. The van der Waals surface area contributed by atoms with Crippen LogP contribution in [0.3, 0.4) is 0 Å². The Labute approximate surface area is 137 Å². The second-order valence-electron chi connectivity index (χ2n) is 4.82. The van der Waals surface area contributed by atoms with Crippen molar-refractivity contribution in [2.45, 2.75) is 6.42 Å². The summed E-state index contributed by atoms with van der Waals surface area (Å²) in [5, 5.41) is 17.8. The van der Waals surface area contributed by atoms with Crippen LogP contribution in [0.2, 0.25) is 0 Å². The molecule has 0 spiro atoms. The van der Waals surface area contributed by atoms with E-state index < -0.39 is 0 Å². The van der Waals surface area contributed by atoms with Crippen LogP contribution < -0.4 is 5.32 Å². The highest BCUT2D eigenvalue weighted by molar-refractivity contribution is 7.13. The van der Waals surface area contributed by atoms with Gasteiger partial charge in [0.15, 0.2) is 5.82 Å². The van der Waals surface area contributed by atoms with Crippen molar-refractivity contribution in [1.82, 2.24) is 20.1 Å². The van der Waals surface area contributed by atoms with Crippen LogP contribution in [0.15, 0.2) is 47.8 Å². The fraction of sp³-hybridized carbons (Fsp3) is 0.188. The summed E-state index contributed by atoms with van der Waals surface area (Å²) < 4.78 is 1.67. The van der Waals surface area contributed by atoms with Crippen LogP contribution in [-0.2, 0) is 0 Å². The first-order valence-corrected chi connectivity index (χ1v) is 8.13. The molecule has 0 bridgehead atoms. The summed E-state index contributed by atoms with van der Waals surface area (Å²) in [5.41, 5.74) is 0.845. The molecule has 118 valence electrons. The number of aromatic nitrogens is 3. The van der Waals surface area contributed by atoms with E-state index in [1.807, 2.05) is 47.8 Å². The number of carbonyl (C=O) groups excluding carboxylic acids is 1. The van der Waals surface area contributed by atoms with Gasteiger partial charge in [0.25, 0.3) is 5.91 Å². The van der Waals surface area contributed by atoms with Gasteiger partial charge in [-0.2, -0.15) is 0 Å². The van der Waals surface area contributed by atoms with Gasteiger partial charge in [0.05, 0.1) is 10.6 Å². The van der Waals surface area contributed by atoms with Gasteiger partial charge in [0.2, 0.25) is 5.82 Å². The quantitative estimate of drug-likeness (QED) is 0.679. The average Bonchev–Trinajstić information content (AvgIpc) is 3.25. The molecule has 0 aliphatic rings. The highest BCUT2D eigenvalue weighted by Gasteiger charge is 2.18. The minimum Gasteiger partial charge on any atom is -0.396 e. The molecule has 0 aliphatic carbocycles. The zero-order valence-electron chi connectivity index (χ0n) is 12.3. The van der Waals surface area contributed by atoms with Gasteiger partial charge in [-0.15, -0.1) is 16.4 Å². The molecule has 7 heteroatoms. The first kappa shape index (κ1) is 15.4. The second kappa shape index (κ2) is 7.17. The van der Waals surface area contributed by atoms with Crippen LogP contribution in [0.25, 0.3) is 16.4 Å². The Balaban J connectivity index is 1.96. The van der Waals surface area contributed by atoms with Crippen molar-refractivity contribution in [3.05, 3.63) is 53.7 Å². The minimum atomic E-state index is -0.342. The molecule has 2 aromatic heterocycles. The maximum absolute atomic E-state index is 12.2. The van der Waals surface area contributed by atoms with Gasteiger partial charge in [-0.25, -0.2) is 9.67 Å². The minimum absolute atomic E-state index is 0.0343. The molecular weight excluding hydrogens is 312 g/mol. The number of hydrogen-bond acceptors (Lipinski definition) is 5. The van der Waals surface area contributed by atoms with Crippen LogP contribution in [0, 0.1) is 0 Å². The normalized spacial score (nSPS) is 10.7. The number of amides is 1. The highest BCUT2D eigenvalue weighted by Crippen LogP contribution is 2.25. The molecule has 1 aromatic carbocycles. The van der Waals surface area contributed by atoms with E-state index >= 15 is 0 Å². The smallest absolute Gasteiger partial charge is 0.290 e. The van der Waals surface area contributed by atoms with Crippen LogP contribution in [0.1, 0.15) is 17.0 Å². The van der Waals surface area contributed by atoms with Crippen molar-refractivity contribution in [2.75, 3.05) is 13.2 Å². The number of aliphatic hydroxyl groups excluding tert-OH is 1. The Morgan fingerprint density at radius 3 is 2.74 bits per heavy atom. The molecule has 0 saturated heterocycles. The SMILES string of the molecule is O=C(NCCCO)c1nc(-c2cccs2)n(-c2ccccc2)n1. The summed E-state index contributed by atoms with van der Waals surface area (Å²) >= 11 is 1.54. The third-order valence-electron chi connectivity index (χ3n) is 3.17. The standard InChI is InChI=1S/C16H16N4O2S/c21-10-5-9-17-16(22)14-18-15(13-8-4-11-23-13)20(19-14)12-6-2-1-3-7-12/h1-4,6-8,11,21H,5,9-10H2,(H,17,22). The molecule has 2 N–H and O–H groups in total. The Kier molecular flexibility index (Phi) is 4.80. The summed E-state index contributed by atoms with van der Waals surface area (Å²) in [4.78, 5) is 17.5. The van der Waals surface area contributed by atoms with Gasteiger partial charge in [0, 0.05) is 13.2 Å². The molecule has 0 saturated carbocycles. The Morgan fingerprint density at radius 2 is 2.04 bits per heavy atom. The lowest BCUT2D eigenvalue weighted by Gasteiger charge is -2.03. The molecule has 0 atom stereocenters. The number of para-hydroxylation sites is 1. The van der Waals surface area contributed by atoms with Crippen molar-refractivity contribution in [3.8, 4) is 16.4 Å². The van der Waals surface area contributed by atoms with Crippen molar-refractivity contribution in [1.29, 1.82) is 0 Å². The summed E-state index contributed by atoms with van der Waals surface area (Å²) in [6, 6.07) is 13.5. The third-order valence-corrected chi connectivity index (χ3v) is 4.04. The van der Waals surface area contributed by atoms with Crippen LogP contribution in [0.4, 0.5) is 0 Å². The van der Waals surface area contributed by atoms with Crippen molar-refractivity contribution in [2.24, 2.45) is 0 Å². The Bertz CT molecular complexity index is 769. The number of hydrogen-bond donors (Lipinski definition) is 2. The van der Waals surface area contributed by atoms with Crippen LogP contribution in [-0.4, -0.2) is 38.9 Å². The Hall–Kier alpha value is -2.51. The summed E-state index contributed by atoms with van der Waals surface area (Å²) in [6.07, 6.45) is 0.503. The number of rotatable bonds is 6. The van der Waals surface area contributed by atoms with Gasteiger partial charge >= 0.3 is 0 Å². The van der Waals surface area contributed by atoms with Gasteiger partial charge in [-0.1, -0.05) is 24.3 Å². The van der Waals surface area contributed by atoms with Gasteiger partial charge in [-0.05, 0) is 30.0 Å². The third kappa shape index (κ3) is 3.46. The number of carbonyl (C=O) groups is 1. The van der Waals surface area contributed by atoms with Gasteiger partial charge < -0.3 is 10.4 Å². The van der Waals surface area contributed by atoms with E-state index in [2.05, 4.69) is 15.4 Å². The van der Waals surface area contributed by atoms with E-state index in [0.717, 1.165) is 10.6 Å². The number of thiophene rings is 1. The van der Waals surface area contributed by atoms with Crippen LogP contribution in [0.5, 0.6) is 0 Å². The number of nitrogens with zero attached hydrogens (tertiary/aromatic N) is 3. The van der Waals surface area contributed by atoms with E-state index in [1.54, 1.807) is 16.0 Å². The van der Waals surface area contributed by atoms with Crippen molar-refractivity contribution in [3.63, 3.8) is 0 Å². The second-order valence-corrected chi connectivity index (χ2v) is 5.76. The lowest BCUT2D eigenvalue weighted by Crippen LogP contribution is -2.26. The van der Waals surface area contributed by atoms with Crippen molar-refractivity contribution >= 4 is 17.2 Å². The highest BCUT2D eigenvalue weighted by atomic mass is 32.1. The molecular formula is C16H16N4O2S. The first-order valence-electron chi connectivity index (χ1n) is 7.25. The molecule has 3 aromatic rings. The summed E-state index contributed by atoms with van der Waals surface area (Å²) in [5.74, 6) is 0.416.